The van der Waals surface area contributed by atoms with Gasteiger partial charge in [-0.2, -0.15) is 0 Å². The van der Waals surface area contributed by atoms with Gasteiger partial charge >= 0.3 is 5.97 Å². The lowest BCUT2D eigenvalue weighted by Gasteiger charge is -2.15. The van der Waals surface area contributed by atoms with Crippen LogP contribution in [0.1, 0.15) is 91.4 Å². The van der Waals surface area contributed by atoms with E-state index in [0.29, 0.717) is 5.90 Å². The van der Waals surface area contributed by atoms with Crippen LogP contribution < -0.4 is 0 Å². The maximum atomic E-state index is 11.9. The van der Waals surface area contributed by atoms with Crippen molar-refractivity contribution in [1.82, 2.24) is 0 Å². The molecule has 0 amide bonds. The Bertz CT molecular complexity index is 400. The zero-order valence-electron chi connectivity index (χ0n) is 14.7. The summed E-state index contributed by atoms with van der Waals surface area (Å²) in [7, 11) is 0. The predicted octanol–water partition coefficient (Wildman–Crippen LogP) is 5.59. The molecule has 0 aliphatic carbocycles. The van der Waals surface area contributed by atoms with E-state index in [1.165, 1.54) is 57.8 Å². The van der Waals surface area contributed by atoms with Gasteiger partial charge in [-0.15, -0.1) is 0 Å². The highest BCUT2D eigenvalue weighted by atomic mass is 16.6. The van der Waals surface area contributed by atoms with Crippen LogP contribution in [0, 0.1) is 0 Å². The third-order valence-electron chi connectivity index (χ3n) is 4.36. The Balaban J connectivity index is 2.09. The van der Waals surface area contributed by atoms with E-state index in [1.54, 1.807) is 0 Å². The van der Waals surface area contributed by atoms with Crippen LogP contribution in [0.15, 0.2) is 17.1 Å². The summed E-state index contributed by atoms with van der Waals surface area (Å²) in [6, 6.07) is 0. The molecule has 0 aromatic carbocycles. The number of unbranched alkanes of at least 4 members (excludes halogenated alkanes) is 9. The number of aliphatic imine (C=N–C) groups is 1. The molecule has 3 heteroatoms. The second kappa shape index (κ2) is 9.81. The van der Waals surface area contributed by atoms with Crippen molar-refractivity contribution in [2.45, 2.75) is 96.9 Å². The van der Waals surface area contributed by atoms with Gasteiger partial charge in [0.15, 0.2) is 5.54 Å². The fraction of sp³-hybridized carbons (Fsp3) is 0.789. The van der Waals surface area contributed by atoms with Gasteiger partial charge in [-0.3, -0.25) is 0 Å². The van der Waals surface area contributed by atoms with E-state index in [-0.39, 0.29) is 5.97 Å². The monoisotopic (exact) mass is 307 g/mol. The highest BCUT2D eigenvalue weighted by Crippen LogP contribution is 2.28. The molecule has 0 radical (unpaired) electrons. The summed E-state index contributed by atoms with van der Waals surface area (Å²) in [5.41, 5.74) is 0.0363. The SMILES string of the molecule is C=C(C)C1=NC(C)(CCCCCCCCCCCC)C(=O)O1. The highest BCUT2D eigenvalue weighted by molar-refractivity contribution is 6.06. The van der Waals surface area contributed by atoms with Crippen LogP contribution in [-0.2, 0) is 9.53 Å². The summed E-state index contributed by atoms with van der Waals surface area (Å²) in [5.74, 6) is 0.195. The molecule has 0 spiro atoms. The molecule has 1 aliphatic rings. The van der Waals surface area contributed by atoms with Gasteiger partial charge in [0.25, 0.3) is 0 Å². The average molecular weight is 307 g/mol. The van der Waals surface area contributed by atoms with Gasteiger partial charge in [0.05, 0.1) is 0 Å². The molecule has 0 saturated carbocycles. The van der Waals surface area contributed by atoms with Crippen molar-refractivity contribution < 1.29 is 9.53 Å². The Kier molecular flexibility index (Phi) is 8.44. The molecular formula is C19H33NO2. The van der Waals surface area contributed by atoms with Crippen LogP contribution in [-0.4, -0.2) is 17.4 Å². The molecule has 3 nitrogen and oxygen atoms in total. The molecule has 0 aromatic heterocycles. The maximum absolute atomic E-state index is 11.9. The first-order valence-electron chi connectivity index (χ1n) is 8.97. The van der Waals surface area contributed by atoms with E-state index >= 15 is 0 Å². The second-order valence-corrected chi connectivity index (χ2v) is 6.79. The second-order valence-electron chi connectivity index (χ2n) is 6.79. The van der Waals surface area contributed by atoms with Gasteiger partial charge < -0.3 is 4.74 Å². The Hall–Kier alpha value is -1.12. The number of carbonyl (C=O) groups excluding carboxylic acids is 1. The average Bonchev–Trinajstić information content (AvgIpc) is 2.77. The lowest BCUT2D eigenvalue weighted by atomic mass is 9.95. The summed E-state index contributed by atoms with van der Waals surface area (Å²) in [6.45, 7) is 9.73. The Morgan fingerprint density at radius 3 is 2.00 bits per heavy atom. The number of hydrogen-bond acceptors (Lipinski definition) is 3. The number of ether oxygens (including phenoxy) is 1. The minimum Gasteiger partial charge on any atom is -0.406 e. The number of carbonyl (C=O) groups is 1. The molecule has 1 unspecified atom stereocenters. The summed E-state index contributed by atoms with van der Waals surface area (Å²) < 4.78 is 5.19. The molecule has 0 bridgehead atoms. The molecule has 0 saturated heterocycles. The van der Waals surface area contributed by atoms with Crippen LogP contribution >= 0.6 is 0 Å². The molecule has 0 N–H and O–H groups in total. The summed E-state index contributed by atoms with van der Waals surface area (Å²) >= 11 is 0. The third kappa shape index (κ3) is 6.33. The number of rotatable bonds is 12. The molecule has 126 valence electrons. The van der Waals surface area contributed by atoms with Gasteiger partial charge in [0, 0.05) is 5.57 Å². The van der Waals surface area contributed by atoms with Crippen LogP contribution in [0.2, 0.25) is 0 Å². The number of esters is 1. The maximum Gasteiger partial charge on any atom is 0.340 e. The van der Waals surface area contributed by atoms with Gasteiger partial charge in [0.2, 0.25) is 5.90 Å². The Morgan fingerprint density at radius 2 is 1.55 bits per heavy atom. The molecule has 1 heterocycles. The molecule has 1 atom stereocenters. The van der Waals surface area contributed by atoms with Crippen molar-refractivity contribution >= 4 is 11.9 Å². The van der Waals surface area contributed by atoms with Crippen LogP contribution in [0.3, 0.4) is 0 Å². The smallest absolute Gasteiger partial charge is 0.340 e. The van der Waals surface area contributed by atoms with Gasteiger partial charge in [-0.1, -0.05) is 77.7 Å². The Labute approximate surface area is 136 Å². The summed E-state index contributed by atoms with van der Waals surface area (Å²) in [5, 5.41) is 0. The number of cyclic esters (lactones) is 1. The van der Waals surface area contributed by atoms with E-state index in [9.17, 15) is 4.79 Å². The van der Waals surface area contributed by atoms with Gasteiger partial charge in [-0.05, 0) is 20.3 Å². The normalized spacial score (nSPS) is 20.9. The number of nitrogens with zero attached hydrogens (tertiary/aromatic N) is 1. The van der Waals surface area contributed by atoms with Crippen LogP contribution in [0.25, 0.3) is 0 Å². The fourth-order valence-corrected chi connectivity index (χ4v) is 2.79. The summed E-state index contributed by atoms with van der Waals surface area (Å²) in [6.07, 6.45) is 13.7. The first kappa shape index (κ1) is 18.9. The van der Waals surface area contributed by atoms with Crippen molar-refractivity contribution in [3.05, 3.63) is 12.2 Å². The molecule has 0 aromatic rings. The van der Waals surface area contributed by atoms with E-state index in [4.69, 9.17) is 4.74 Å². The largest absolute Gasteiger partial charge is 0.406 e. The minimum absolute atomic E-state index is 0.221. The predicted molar refractivity (Wildman–Crippen MR) is 93.2 cm³/mol. The Morgan fingerprint density at radius 1 is 1.05 bits per heavy atom. The third-order valence-corrected chi connectivity index (χ3v) is 4.36. The van der Waals surface area contributed by atoms with Crippen molar-refractivity contribution in [1.29, 1.82) is 0 Å². The van der Waals surface area contributed by atoms with Gasteiger partial charge in [-0.25, -0.2) is 9.79 Å². The first-order chi connectivity index (χ1) is 10.5. The van der Waals surface area contributed by atoms with Crippen LogP contribution in [0.4, 0.5) is 0 Å². The zero-order chi connectivity index (χ0) is 16.4. The van der Waals surface area contributed by atoms with Crippen molar-refractivity contribution in [3.8, 4) is 0 Å². The molecule has 1 aliphatic heterocycles. The zero-order valence-corrected chi connectivity index (χ0v) is 14.7. The topological polar surface area (TPSA) is 38.7 Å². The first-order valence-corrected chi connectivity index (χ1v) is 8.97. The van der Waals surface area contributed by atoms with E-state index < -0.39 is 5.54 Å². The lowest BCUT2D eigenvalue weighted by Crippen LogP contribution is -2.29. The van der Waals surface area contributed by atoms with Crippen LogP contribution in [0.5, 0.6) is 0 Å². The molecule has 0 fully saturated rings. The highest BCUT2D eigenvalue weighted by Gasteiger charge is 2.40. The lowest BCUT2D eigenvalue weighted by molar-refractivity contribution is -0.138. The molecular weight excluding hydrogens is 274 g/mol. The summed E-state index contributed by atoms with van der Waals surface area (Å²) in [4.78, 5) is 16.3. The molecule has 1 rings (SSSR count). The van der Waals surface area contributed by atoms with E-state index in [2.05, 4.69) is 18.5 Å². The van der Waals surface area contributed by atoms with Crippen molar-refractivity contribution in [2.75, 3.05) is 0 Å². The number of hydrogen-bond donors (Lipinski definition) is 0. The minimum atomic E-state index is -0.686. The fourth-order valence-electron chi connectivity index (χ4n) is 2.79. The van der Waals surface area contributed by atoms with Crippen molar-refractivity contribution in [2.24, 2.45) is 4.99 Å². The molecule has 22 heavy (non-hydrogen) atoms. The van der Waals surface area contributed by atoms with E-state index in [1.807, 2.05) is 13.8 Å². The van der Waals surface area contributed by atoms with E-state index in [0.717, 1.165) is 18.4 Å². The van der Waals surface area contributed by atoms with Gasteiger partial charge in [0.1, 0.15) is 0 Å². The van der Waals surface area contributed by atoms with Crippen molar-refractivity contribution in [3.63, 3.8) is 0 Å². The quantitative estimate of drug-likeness (QED) is 0.348. The standard InChI is InChI=1S/C19H33NO2/c1-5-6-7-8-9-10-11-12-13-14-15-19(4)18(21)22-17(20-19)16(2)3/h2,5-15H2,1,3-4H3.